The first-order chi connectivity index (χ1) is 12.8. The predicted octanol–water partition coefficient (Wildman–Crippen LogP) is 5.82. The molecule has 2 aliphatic carbocycles. The number of phosphoric acid groups is 1. The molecular weight excluding hydrogens is 371 g/mol. The van der Waals surface area contributed by atoms with E-state index in [1.807, 2.05) is 26.0 Å². The average Bonchev–Trinajstić information content (AvgIpc) is 2.84. The van der Waals surface area contributed by atoms with Gasteiger partial charge in [0, 0.05) is 16.5 Å². The van der Waals surface area contributed by atoms with Crippen LogP contribution in [0.2, 0.25) is 0 Å². The maximum atomic E-state index is 12.9. The van der Waals surface area contributed by atoms with E-state index < -0.39 is 7.82 Å². The van der Waals surface area contributed by atoms with E-state index in [-0.39, 0.29) is 16.2 Å². The maximum absolute atomic E-state index is 12.9. The number of hydrogen-bond donors (Lipinski definition) is 1. The van der Waals surface area contributed by atoms with Crippen molar-refractivity contribution in [2.45, 2.75) is 70.6 Å². The standard InChI is InChI=1S/C23H27O4P/c1-13-7-15-19-17(9-13)26-28(24,25)27-18-10-14(2)8-16-20(18)23(19,11-21(15,3)4)12-22(16,5)6/h7-10H,11-12H2,1-6H3,(H,24,25). The first kappa shape index (κ1) is 18.3. The molecule has 148 valence electrons. The molecule has 0 aromatic heterocycles. The fourth-order valence-corrected chi connectivity index (χ4v) is 7.04. The summed E-state index contributed by atoms with van der Waals surface area (Å²) < 4.78 is 24.2. The van der Waals surface area contributed by atoms with Crippen molar-refractivity contribution in [3.63, 3.8) is 0 Å². The molecule has 0 amide bonds. The monoisotopic (exact) mass is 398 g/mol. The van der Waals surface area contributed by atoms with E-state index in [2.05, 4.69) is 39.8 Å². The molecule has 3 aliphatic rings. The van der Waals surface area contributed by atoms with Gasteiger partial charge < -0.3 is 9.05 Å². The molecule has 0 radical (unpaired) electrons. The van der Waals surface area contributed by atoms with Gasteiger partial charge in [0.25, 0.3) is 0 Å². The van der Waals surface area contributed by atoms with Gasteiger partial charge >= 0.3 is 7.82 Å². The molecule has 1 spiro atoms. The molecule has 0 saturated carbocycles. The summed E-state index contributed by atoms with van der Waals surface area (Å²) in [6, 6.07) is 8.22. The van der Waals surface area contributed by atoms with E-state index in [1.165, 1.54) is 11.1 Å². The Kier molecular flexibility index (Phi) is 3.29. The molecule has 1 N–H and O–H groups in total. The Labute approximate surface area is 166 Å². The highest BCUT2D eigenvalue weighted by Gasteiger charge is 2.60. The van der Waals surface area contributed by atoms with Gasteiger partial charge in [-0.2, -0.15) is 0 Å². The van der Waals surface area contributed by atoms with Crippen LogP contribution in [0.1, 0.15) is 73.9 Å². The molecule has 4 nitrogen and oxygen atoms in total. The Hall–Kier alpha value is -1.77. The van der Waals surface area contributed by atoms with Crippen LogP contribution in [0, 0.1) is 13.8 Å². The lowest BCUT2D eigenvalue weighted by Crippen LogP contribution is -2.28. The summed E-state index contributed by atoms with van der Waals surface area (Å²) in [4.78, 5) is 10.5. The third-order valence-electron chi connectivity index (χ3n) is 6.82. The molecule has 5 heteroatoms. The Morgan fingerprint density at radius 3 is 1.61 bits per heavy atom. The summed E-state index contributed by atoms with van der Waals surface area (Å²) >= 11 is 0. The summed E-state index contributed by atoms with van der Waals surface area (Å²) in [7, 11) is -4.29. The van der Waals surface area contributed by atoms with Crippen LogP contribution >= 0.6 is 7.82 Å². The lowest BCUT2D eigenvalue weighted by atomic mass is 9.72. The molecule has 0 atom stereocenters. The molecule has 0 unspecified atom stereocenters. The van der Waals surface area contributed by atoms with Gasteiger partial charge in [-0.25, -0.2) is 4.57 Å². The van der Waals surface area contributed by atoms with E-state index in [4.69, 9.17) is 9.05 Å². The number of aryl methyl sites for hydroxylation is 2. The van der Waals surface area contributed by atoms with E-state index in [0.29, 0.717) is 11.5 Å². The van der Waals surface area contributed by atoms with E-state index >= 15 is 0 Å². The van der Waals surface area contributed by atoms with Gasteiger partial charge in [0.1, 0.15) is 11.5 Å². The maximum Gasteiger partial charge on any atom is 0.584 e. The zero-order valence-corrected chi connectivity index (χ0v) is 18.2. The number of hydrogen-bond acceptors (Lipinski definition) is 3. The fraction of sp³-hybridized carbons (Fsp3) is 0.478. The highest BCUT2D eigenvalue weighted by atomic mass is 31.2. The van der Waals surface area contributed by atoms with Gasteiger partial charge in [0.2, 0.25) is 0 Å². The van der Waals surface area contributed by atoms with Crippen LogP contribution in [0.15, 0.2) is 24.3 Å². The summed E-state index contributed by atoms with van der Waals surface area (Å²) in [5, 5.41) is 0. The van der Waals surface area contributed by atoms with Gasteiger partial charge in [-0.3, -0.25) is 4.89 Å². The zero-order chi connectivity index (χ0) is 20.3. The first-order valence-electron chi connectivity index (χ1n) is 9.88. The normalized spacial score (nSPS) is 23.7. The average molecular weight is 398 g/mol. The van der Waals surface area contributed by atoms with Crippen LogP contribution in [-0.2, 0) is 20.8 Å². The molecule has 5 rings (SSSR count). The largest absolute Gasteiger partial charge is 0.584 e. The van der Waals surface area contributed by atoms with Crippen molar-refractivity contribution >= 4 is 7.82 Å². The van der Waals surface area contributed by atoms with Crippen molar-refractivity contribution in [1.29, 1.82) is 0 Å². The second kappa shape index (κ2) is 5.04. The molecule has 0 saturated heterocycles. The molecule has 28 heavy (non-hydrogen) atoms. The summed E-state index contributed by atoms with van der Waals surface area (Å²) in [6.45, 7) is 13.1. The third kappa shape index (κ3) is 2.25. The smallest absolute Gasteiger partial charge is 0.395 e. The van der Waals surface area contributed by atoms with Gasteiger partial charge in [-0.05, 0) is 71.9 Å². The Morgan fingerprint density at radius 1 is 0.821 bits per heavy atom. The van der Waals surface area contributed by atoms with Crippen molar-refractivity contribution in [3.05, 3.63) is 57.6 Å². The van der Waals surface area contributed by atoms with Gasteiger partial charge in [-0.1, -0.05) is 39.8 Å². The van der Waals surface area contributed by atoms with Crippen molar-refractivity contribution in [2.24, 2.45) is 0 Å². The minimum atomic E-state index is -4.29. The fourth-order valence-electron chi connectivity index (χ4n) is 6.21. The van der Waals surface area contributed by atoms with Crippen LogP contribution in [0.4, 0.5) is 0 Å². The van der Waals surface area contributed by atoms with Crippen molar-refractivity contribution in [3.8, 4) is 11.5 Å². The lowest BCUT2D eigenvalue weighted by molar-refractivity contribution is 0.275. The van der Waals surface area contributed by atoms with E-state index in [1.54, 1.807) is 0 Å². The highest BCUT2D eigenvalue weighted by molar-refractivity contribution is 7.48. The molecule has 1 heterocycles. The molecule has 0 bridgehead atoms. The lowest BCUT2D eigenvalue weighted by Gasteiger charge is -2.34. The van der Waals surface area contributed by atoms with Crippen LogP contribution in [0.5, 0.6) is 11.5 Å². The van der Waals surface area contributed by atoms with Gasteiger partial charge in [0.15, 0.2) is 0 Å². The molecule has 2 aromatic rings. The van der Waals surface area contributed by atoms with Crippen molar-refractivity contribution < 1.29 is 18.5 Å². The second-order valence-corrected chi connectivity index (χ2v) is 11.5. The number of benzene rings is 2. The Balaban J connectivity index is 1.97. The van der Waals surface area contributed by atoms with Crippen LogP contribution in [0.25, 0.3) is 0 Å². The Morgan fingerprint density at radius 2 is 1.21 bits per heavy atom. The molecule has 1 aliphatic heterocycles. The number of phosphoric ester groups is 1. The SMILES string of the molecule is Cc1cc2c3c(c1)C(C)(C)CC31CC(C)(C)c3cc(C)cc(c31)OP(=O)(O)O2. The first-order valence-corrected chi connectivity index (χ1v) is 11.4. The minimum absolute atomic E-state index is 0.0664. The quantitative estimate of drug-likeness (QED) is 0.568. The van der Waals surface area contributed by atoms with Crippen LogP contribution in [0.3, 0.4) is 0 Å². The van der Waals surface area contributed by atoms with E-state index in [9.17, 15) is 9.46 Å². The molecule has 0 fully saturated rings. The molecular formula is C23H27O4P. The van der Waals surface area contributed by atoms with Crippen molar-refractivity contribution in [2.75, 3.05) is 0 Å². The van der Waals surface area contributed by atoms with Gasteiger partial charge in [-0.15, -0.1) is 0 Å². The minimum Gasteiger partial charge on any atom is -0.395 e. The van der Waals surface area contributed by atoms with Crippen molar-refractivity contribution in [1.82, 2.24) is 0 Å². The predicted molar refractivity (Wildman–Crippen MR) is 110 cm³/mol. The number of rotatable bonds is 0. The highest BCUT2D eigenvalue weighted by Crippen LogP contribution is 2.69. The third-order valence-corrected chi connectivity index (χ3v) is 7.68. The zero-order valence-electron chi connectivity index (χ0n) is 17.3. The second-order valence-electron chi connectivity index (χ2n) is 10.2. The van der Waals surface area contributed by atoms with Crippen LogP contribution in [-0.4, -0.2) is 4.89 Å². The van der Waals surface area contributed by atoms with Gasteiger partial charge in [0.05, 0.1) is 0 Å². The van der Waals surface area contributed by atoms with Crippen LogP contribution < -0.4 is 9.05 Å². The Bertz CT molecular complexity index is 1010. The summed E-state index contributed by atoms with van der Waals surface area (Å²) in [5.41, 5.74) is 6.26. The molecule has 2 aromatic carbocycles. The van der Waals surface area contributed by atoms with E-state index in [0.717, 1.165) is 35.1 Å². The summed E-state index contributed by atoms with van der Waals surface area (Å²) in [6.07, 6.45) is 1.86. The topological polar surface area (TPSA) is 55.8 Å². The summed E-state index contributed by atoms with van der Waals surface area (Å²) in [5.74, 6) is 1.00.